The number of hydrogen-bond acceptors (Lipinski definition) is 3. The first-order valence-corrected chi connectivity index (χ1v) is 6.89. The van der Waals surface area contributed by atoms with E-state index in [0.29, 0.717) is 6.54 Å². The van der Waals surface area contributed by atoms with Crippen LogP contribution in [0.5, 0.6) is 5.75 Å². The molecule has 1 aromatic rings. The molecule has 1 heterocycles. The highest BCUT2D eigenvalue weighted by Crippen LogP contribution is 2.37. The van der Waals surface area contributed by atoms with Gasteiger partial charge >= 0.3 is 0 Å². The first kappa shape index (κ1) is 13.2. The van der Waals surface area contributed by atoms with E-state index in [9.17, 15) is 14.3 Å². The third-order valence-electron chi connectivity index (χ3n) is 3.13. The Kier molecular flexibility index (Phi) is 3.80. The van der Waals surface area contributed by atoms with Crippen molar-refractivity contribution in [1.82, 2.24) is 5.32 Å². The highest BCUT2D eigenvalue weighted by Gasteiger charge is 2.30. The van der Waals surface area contributed by atoms with Crippen LogP contribution >= 0.6 is 11.8 Å². The van der Waals surface area contributed by atoms with E-state index in [2.05, 4.69) is 12.2 Å². The molecule has 0 spiro atoms. The number of carbonyl (C=O) groups is 1. The lowest BCUT2D eigenvalue weighted by Crippen LogP contribution is -2.36. The van der Waals surface area contributed by atoms with E-state index >= 15 is 0 Å². The van der Waals surface area contributed by atoms with Crippen LogP contribution in [0.25, 0.3) is 0 Å². The van der Waals surface area contributed by atoms with Gasteiger partial charge in [-0.2, -0.15) is 11.8 Å². The second-order valence-corrected chi connectivity index (χ2v) is 6.43. The quantitative estimate of drug-likeness (QED) is 0.886. The molecule has 0 aromatic heterocycles. The van der Waals surface area contributed by atoms with Gasteiger partial charge in [0.2, 0.25) is 0 Å². The predicted octanol–water partition coefficient (Wildman–Crippen LogP) is 2.55. The summed E-state index contributed by atoms with van der Waals surface area (Å²) < 4.78 is 12.9. The molecule has 1 aliphatic rings. The molecular formula is C13H16FNO2S. The molecule has 0 saturated carbocycles. The second kappa shape index (κ2) is 5.18. The number of carbonyl (C=O) groups excluding carboxylic acids is 1. The van der Waals surface area contributed by atoms with Gasteiger partial charge in [-0.1, -0.05) is 0 Å². The molecule has 2 N–H and O–H groups in total. The average molecular weight is 269 g/mol. The van der Waals surface area contributed by atoms with Crippen molar-refractivity contribution in [3.05, 3.63) is 29.6 Å². The Balaban J connectivity index is 1.99. The molecule has 2 rings (SSSR count). The summed E-state index contributed by atoms with van der Waals surface area (Å²) in [6.07, 6.45) is 2.24. The monoisotopic (exact) mass is 269 g/mol. The van der Waals surface area contributed by atoms with E-state index in [-0.39, 0.29) is 22.0 Å². The fraction of sp³-hybridized carbons (Fsp3) is 0.462. The summed E-state index contributed by atoms with van der Waals surface area (Å²) in [5.74, 6) is -0.117. The minimum Gasteiger partial charge on any atom is -0.507 e. The molecule has 3 nitrogen and oxygen atoms in total. The Morgan fingerprint density at radius 3 is 3.00 bits per heavy atom. The van der Waals surface area contributed by atoms with E-state index in [1.54, 1.807) is 0 Å². The van der Waals surface area contributed by atoms with Crippen molar-refractivity contribution in [2.75, 3.05) is 12.3 Å². The van der Waals surface area contributed by atoms with Gasteiger partial charge in [0.25, 0.3) is 5.91 Å². The van der Waals surface area contributed by atoms with Gasteiger partial charge in [-0.15, -0.1) is 0 Å². The van der Waals surface area contributed by atoms with Gasteiger partial charge in [-0.3, -0.25) is 4.79 Å². The van der Waals surface area contributed by atoms with Crippen molar-refractivity contribution >= 4 is 17.7 Å². The number of thioether (sulfide) groups is 1. The SMILES string of the molecule is CC1(CNC(=O)c2ccc(F)cc2O)CCCS1. The lowest BCUT2D eigenvalue weighted by atomic mass is 10.1. The molecule has 0 aliphatic carbocycles. The van der Waals surface area contributed by atoms with E-state index in [1.165, 1.54) is 18.6 Å². The molecule has 1 fully saturated rings. The number of amides is 1. The van der Waals surface area contributed by atoms with Crippen molar-refractivity contribution < 1.29 is 14.3 Å². The van der Waals surface area contributed by atoms with Crippen molar-refractivity contribution in [2.45, 2.75) is 24.5 Å². The average Bonchev–Trinajstić information content (AvgIpc) is 2.74. The molecule has 1 aromatic carbocycles. The van der Waals surface area contributed by atoms with E-state index in [0.717, 1.165) is 18.2 Å². The Morgan fingerprint density at radius 1 is 1.61 bits per heavy atom. The molecule has 1 unspecified atom stereocenters. The number of benzene rings is 1. The van der Waals surface area contributed by atoms with E-state index in [1.807, 2.05) is 11.8 Å². The number of rotatable bonds is 3. The lowest BCUT2D eigenvalue weighted by Gasteiger charge is -2.22. The van der Waals surface area contributed by atoms with Crippen LogP contribution in [-0.2, 0) is 0 Å². The number of phenols is 1. The maximum atomic E-state index is 12.8. The highest BCUT2D eigenvalue weighted by molar-refractivity contribution is 8.00. The third kappa shape index (κ3) is 2.96. The summed E-state index contributed by atoms with van der Waals surface area (Å²) in [6, 6.07) is 3.41. The Labute approximate surface area is 110 Å². The second-order valence-electron chi connectivity index (χ2n) is 4.75. The van der Waals surface area contributed by atoms with Crippen molar-refractivity contribution in [3.8, 4) is 5.75 Å². The molecule has 1 aliphatic heterocycles. The largest absolute Gasteiger partial charge is 0.507 e. The van der Waals surface area contributed by atoms with Gasteiger partial charge in [0.05, 0.1) is 5.56 Å². The minimum atomic E-state index is -0.553. The maximum absolute atomic E-state index is 12.8. The molecule has 5 heteroatoms. The Hall–Kier alpha value is -1.23. The molecule has 1 saturated heterocycles. The zero-order valence-corrected chi connectivity index (χ0v) is 11.0. The van der Waals surface area contributed by atoms with Crippen LogP contribution in [-0.4, -0.2) is 28.1 Å². The van der Waals surface area contributed by atoms with Crippen molar-refractivity contribution in [2.24, 2.45) is 0 Å². The fourth-order valence-electron chi connectivity index (χ4n) is 2.04. The molecule has 98 valence electrons. The number of hydrogen-bond donors (Lipinski definition) is 2. The number of phenolic OH excluding ortho intramolecular Hbond substituents is 1. The molecule has 18 heavy (non-hydrogen) atoms. The summed E-state index contributed by atoms with van der Waals surface area (Å²) >= 11 is 1.85. The molecule has 1 amide bonds. The zero-order chi connectivity index (χ0) is 13.2. The number of halogens is 1. The van der Waals surface area contributed by atoms with Gasteiger partial charge in [0.1, 0.15) is 11.6 Å². The smallest absolute Gasteiger partial charge is 0.255 e. The molecular weight excluding hydrogens is 253 g/mol. The predicted molar refractivity (Wildman–Crippen MR) is 70.5 cm³/mol. The number of aromatic hydroxyl groups is 1. The summed E-state index contributed by atoms with van der Waals surface area (Å²) in [6.45, 7) is 2.68. The van der Waals surface area contributed by atoms with Crippen LogP contribution in [0.1, 0.15) is 30.1 Å². The van der Waals surface area contributed by atoms with Crippen LogP contribution in [0.15, 0.2) is 18.2 Å². The topological polar surface area (TPSA) is 49.3 Å². The number of nitrogens with one attached hydrogen (secondary N) is 1. The van der Waals surface area contributed by atoms with Gasteiger partial charge in [0, 0.05) is 17.4 Å². The summed E-state index contributed by atoms with van der Waals surface area (Å²) in [4.78, 5) is 11.9. The molecule has 0 bridgehead atoms. The Bertz CT molecular complexity index is 458. The molecule has 0 radical (unpaired) electrons. The standard InChI is InChI=1S/C13H16FNO2S/c1-13(5-2-6-18-13)8-15-12(17)10-4-3-9(14)7-11(10)16/h3-4,7,16H,2,5-6,8H2,1H3,(H,15,17). The van der Waals surface area contributed by atoms with Gasteiger partial charge in [-0.05, 0) is 37.7 Å². The Morgan fingerprint density at radius 2 is 2.39 bits per heavy atom. The van der Waals surface area contributed by atoms with E-state index in [4.69, 9.17) is 0 Å². The zero-order valence-electron chi connectivity index (χ0n) is 10.2. The van der Waals surface area contributed by atoms with Crippen LogP contribution in [0, 0.1) is 5.82 Å². The van der Waals surface area contributed by atoms with Crippen molar-refractivity contribution in [1.29, 1.82) is 0 Å². The van der Waals surface area contributed by atoms with Crippen LogP contribution in [0.3, 0.4) is 0 Å². The van der Waals surface area contributed by atoms with Crippen LogP contribution < -0.4 is 5.32 Å². The summed E-state index contributed by atoms with van der Waals surface area (Å²) in [5.41, 5.74) is 0.114. The normalized spacial score (nSPS) is 23.0. The highest BCUT2D eigenvalue weighted by atomic mass is 32.2. The van der Waals surface area contributed by atoms with E-state index < -0.39 is 5.82 Å². The first-order valence-electron chi connectivity index (χ1n) is 5.91. The first-order chi connectivity index (χ1) is 8.50. The summed E-state index contributed by atoms with van der Waals surface area (Å²) in [5, 5.41) is 12.3. The third-order valence-corrected chi connectivity index (χ3v) is 4.67. The van der Waals surface area contributed by atoms with Crippen LogP contribution in [0.2, 0.25) is 0 Å². The van der Waals surface area contributed by atoms with Crippen molar-refractivity contribution in [3.63, 3.8) is 0 Å². The molecule has 1 atom stereocenters. The lowest BCUT2D eigenvalue weighted by molar-refractivity contribution is 0.0947. The van der Waals surface area contributed by atoms with Gasteiger partial charge < -0.3 is 10.4 Å². The fourth-order valence-corrected chi connectivity index (χ4v) is 3.28. The summed E-state index contributed by atoms with van der Waals surface area (Å²) in [7, 11) is 0. The van der Waals surface area contributed by atoms with Gasteiger partial charge in [-0.25, -0.2) is 4.39 Å². The minimum absolute atomic E-state index is 0.0747. The maximum Gasteiger partial charge on any atom is 0.255 e. The van der Waals surface area contributed by atoms with Gasteiger partial charge in [0.15, 0.2) is 0 Å². The van der Waals surface area contributed by atoms with Crippen LogP contribution in [0.4, 0.5) is 4.39 Å².